The standard InChI is InChI=1S/C28H24N6O4S2/c1-38-26(37)17-10-12-18(13-11-17)31-22(36)15-39-28-33-32-27(40-28)34-20-8-5-9-21(35)24(20)23(19(14-29)25(34)30)16-6-3-2-4-7-16/h2-4,6-7,10-13,23H,5,8-9,15,30H2,1H3,(H,31,36). The molecule has 1 amide bonds. The number of hydrogen-bond acceptors (Lipinski definition) is 11. The molecule has 0 bridgehead atoms. The number of benzene rings is 2. The van der Waals surface area contributed by atoms with Crippen molar-refractivity contribution in [2.45, 2.75) is 29.5 Å². The van der Waals surface area contributed by atoms with Gasteiger partial charge in [0.05, 0.1) is 36.0 Å². The number of aromatic nitrogens is 2. The lowest BCUT2D eigenvalue weighted by molar-refractivity contribution is -0.116. The Morgan fingerprint density at radius 3 is 2.62 bits per heavy atom. The van der Waals surface area contributed by atoms with Gasteiger partial charge < -0.3 is 15.8 Å². The van der Waals surface area contributed by atoms with E-state index in [-0.39, 0.29) is 23.3 Å². The number of hydrogen-bond donors (Lipinski definition) is 2. The van der Waals surface area contributed by atoms with Crippen molar-refractivity contribution in [3.8, 4) is 6.07 Å². The second-order valence-corrected chi connectivity index (χ2v) is 11.2. The number of ether oxygens (including phenoxy) is 1. The zero-order chi connectivity index (χ0) is 28.2. The Labute approximate surface area is 238 Å². The van der Waals surface area contributed by atoms with Crippen LogP contribution in [0, 0.1) is 11.3 Å². The van der Waals surface area contributed by atoms with Crippen LogP contribution in [0.1, 0.15) is 41.1 Å². The number of Topliss-reactive ketones (excluding diaryl/α,β-unsaturated/α-hetero) is 1. The van der Waals surface area contributed by atoms with E-state index in [1.54, 1.807) is 29.2 Å². The first kappa shape index (κ1) is 27.1. The minimum absolute atomic E-state index is 0.00393. The Bertz CT molecular complexity index is 1570. The highest BCUT2D eigenvalue weighted by atomic mass is 32.2. The van der Waals surface area contributed by atoms with Gasteiger partial charge in [0, 0.05) is 23.4 Å². The summed E-state index contributed by atoms with van der Waals surface area (Å²) in [6, 6.07) is 18.1. The molecule has 0 fully saturated rings. The number of rotatable bonds is 7. The van der Waals surface area contributed by atoms with E-state index in [9.17, 15) is 19.6 Å². The van der Waals surface area contributed by atoms with Gasteiger partial charge in [0.2, 0.25) is 11.0 Å². The van der Waals surface area contributed by atoms with Crippen LogP contribution in [0.4, 0.5) is 10.8 Å². The molecule has 1 unspecified atom stereocenters. The average Bonchev–Trinajstić information content (AvgIpc) is 3.44. The molecule has 1 aromatic heterocycles. The van der Waals surface area contributed by atoms with E-state index >= 15 is 0 Å². The molecule has 3 N–H and O–H groups in total. The molecular weight excluding hydrogens is 548 g/mol. The van der Waals surface area contributed by atoms with Gasteiger partial charge in [0.25, 0.3) is 0 Å². The number of nitrogens with zero attached hydrogens (tertiary/aromatic N) is 4. The van der Waals surface area contributed by atoms with Crippen molar-refractivity contribution in [1.82, 2.24) is 10.2 Å². The first-order valence-electron chi connectivity index (χ1n) is 12.4. The largest absolute Gasteiger partial charge is 0.465 e. The number of allylic oxidation sites excluding steroid dienone is 3. The molecule has 2 heterocycles. The number of anilines is 2. The van der Waals surface area contributed by atoms with Gasteiger partial charge >= 0.3 is 5.97 Å². The average molecular weight is 573 g/mol. The summed E-state index contributed by atoms with van der Waals surface area (Å²) in [5.74, 6) is -0.947. The zero-order valence-corrected chi connectivity index (χ0v) is 23.1. The third-order valence-corrected chi connectivity index (χ3v) is 8.59. The van der Waals surface area contributed by atoms with Crippen LogP contribution in [0.5, 0.6) is 0 Å². The van der Waals surface area contributed by atoms with Crippen molar-refractivity contribution >= 4 is 51.6 Å². The van der Waals surface area contributed by atoms with Crippen molar-refractivity contribution in [3.63, 3.8) is 0 Å². The van der Waals surface area contributed by atoms with E-state index in [0.717, 1.165) is 11.3 Å². The Kier molecular flexibility index (Phi) is 7.95. The number of nitrogens with one attached hydrogen (secondary N) is 1. The summed E-state index contributed by atoms with van der Waals surface area (Å²) >= 11 is 2.44. The molecule has 0 saturated heterocycles. The molecule has 1 atom stereocenters. The molecule has 40 heavy (non-hydrogen) atoms. The number of nitrogens with two attached hydrogens (primary N) is 1. The molecule has 0 radical (unpaired) electrons. The maximum Gasteiger partial charge on any atom is 0.337 e. The fourth-order valence-corrected chi connectivity index (χ4v) is 6.45. The smallest absolute Gasteiger partial charge is 0.337 e. The number of esters is 1. The highest BCUT2D eigenvalue weighted by molar-refractivity contribution is 8.01. The fraction of sp³-hybridized carbons (Fsp3) is 0.214. The van der Waals surface area contributed by atoms with E-state index in [1.807, 2.05) is 30.3 Å². The second kappa shape index (κ2) is 11.7. The van der Waals surface area contributed by atoms with Crippen LogP contribution in [0.15, 0.2) is 81.6 Å². The number of ketones is 1. The molecule has 1 aliphatic heterocycles. The van der Waals surface area contributed by atoms with Crippen molar-refractivity contribution in [1.29, 1.82) is 5.26 Å². The SMILES string of the molecule is COC(=O)c1ccc(NC(=O)CSc2nnc(N3C(N)=C(C#N)C(c4ccccc4)C4=C3CCCC4=O)s2)cc1. The molecule has 0 spiro atoms. The topological polar surface area (TPSA) is 151 Å². The van der Waals surface area contributed by atoms with Crippen LogP contribution in [0.3, 0.4) is 0 Å². The first-order valence-corrected chi connectivity index (χ1v) is 14.2. The fourth-order valence-electron chi connectivity index (χ4n) is 4.77. The van der Waals surface area contributed by atoms with Gasteiger partial charge in [-0.05, 0) is 42.7 Å². The molecule has 1 aliphatic carbocycles. The van der Waals surface area contributed by atoms with Crippen LogP contribution in [-0.4, -0.2) is 40.7 Å². The first-order chi connectivity index (χ1) is 19.4. The summed E-state index contributed by atoms with van der Waals surface area (Å²) < 4.78 is 5.21. The molecule has 5 rings (SSSR count). The number of thioether (sulfide) groups is 1. The number of carbonyl (C=O) groups excluding carboxylic acids is 3. The number of nitriles is 1. The summed E-state index contributed by atoms with van der Waals surface area (Å²) in [4.78, 5) is 39.0. The van der Waals surface area contributed by atoms with Crippen molar-refractivity contribution in [3.05, 3.63) is 88.4 Å². The van der Waals surface area contributed by atoms with Crippen LogP contribution >= 0.6 is 23.1 Å². The van der Waals surface area contributed by atoms with Gasteiger partial charge in [-0.3, -0.25) is 14.5 Å². The number of methoxy groups -OCH3 is 1. The van der Waals surface area contributed by atoms with E-state index in [0.29, 0.717) is 51.1 Å². The molecule has 10 nitrogen and oxygen atoms in total. The summed E-state index contributed by atoms with van der Waals surface area (Å²) in [5, 5.41) is 21.8. The lowest BCUT2D eigenvalue weighted by Gasteiger charge is -2.38. The van der Waals surface area contributed by atoms with Crippen LogP contribution in [-0.2, 0) is 14.3 Å². The van der Waals surface area contributed by atoms with E-state index in [2.05, 4.69) is 26.3 Å². The molecule has 0 saturated carbocycles. The molecular formula is C28H24N6O4S2. The monoisotopic (exact) mass is 572 g/mol. The van der Waals surface area contributed by atoms with Crippen molar-refractivity contribution in [2.24, 2.45) is 5.73 Å². The van der Waals surface area contributed by atoms with E-state index in [1.165, 1.54) is 30.2 Å². The van der Waals surface area contributed by atoms with E-state index in [4.69, 9.17) is 5.73 Å². The second-order valence-electron chi connectivity index (χ2n) is 8.98. The van der Waals surface area contributed by atoms with Gasteiger partial charge in [0.15, 0.2) is 10.1 Å². The third-order valence-electron chi connectivity index (χ3n) is 6.55. The van der Waals surface area contributed by atoms with Crippen LogP contribution in [0.25, 0.3) is 0 Å². The predicted molar refractivity (Wildman–Crippen MR) is 151 cm³/mol. The summed E-state index contributed by atoms with van der Waals surface area (Å²) in [6.07, 6.45) is 1.70. The van der Waals surface area contributed by atoms with Crippen molar-refractivity contribution in [2.75, 3.05) is 23.1 Å². The van der Waals surface area contributed by atoms with Crippen LogP contribution < -0.4 is 16.0 Å². The highest BCUT2D eigenvalue weighted by Crippen LogP contribution is 2.47. The minimum atomic E-state index is -0.530. The Morgan fingerprint density at radius 2 is 1.93 bits per heavy atom. The Balaban J connectivity index is 1.35. The predicted octanol–water partition coefficient (Wildman–Crippen LogP) is 4.36. The highest BCUT2D eigenvalue weighted by Gasteiger charge is 2.41. The van der Waals surface area contributed by atoms with Gasteiger partial charge in [-0.1, -0.05) is 53.4 Å². The maximum atomic E-state index is 13.2. The Morgan fingerprint density at radius 1 is 1.18 bits per heavy atom. The number of amides is 1. The van der Waals surface area contributed by atoms with Crippen molar-refractivity contribution < 1.29 is 19.1 Å². The molecule has 202 valence electrons. The summed E-state index contributed by atoms with van der Waals surface area (Å²) in [5.41, 5.74) is 9.95. The van der Waals surface area contributed by atoms with Gasteiger partial charge in [-0.15, -0.1) is 10.2 Å². The summed E-state index contributed by atoms with van der Waals surface area (Å²) in [7, 11) is 1.30. The normalized spacial score (nSPS) is 16.9. The number of carbonyl (C=O) groups is 3. The lowest BCUT2D eigenvalue weighted by Crippen LogP contribution is -2.38. The van der Waals surface area contributed by atoms with Crippen LogP contribution in [0.2, 0.25) is 0 Å². The van der Waals surface area contributed by atoms with Gasteiger partial charge in [-0.2, -0.15) is 5.26 Å². The third kappa shape index (κ3) is 5.34. The van der Waals surface area contributed by atoms with E-state index < -0.39 is 11.9 Å². The Hall–Kier alpha value is -4.47. The summed E-state index contributed by atoms with van der Waals surface area (Å²) in [6.45, 7) is 0. The maximum absolute atomic E-state index is 13.2. The zero-order valence-electron chi connectivity index (χ0n) is 21.4. The molecule has 12 heteroatoms. The lowest BCUT2D eigenvalue weighted by atomic mass is 9.76. The molecule has 2 aromatic carbocycles. The quantitative estimate of drug-likeness (QED) is 0.309. The molecule has 3 aromatic rings. The molecule has 2 aliphatic rings. The minimum Gasteiger partial charge on any atom is -0.465 e. The van der Waals surface area contributed by atoms with Gasteiger partial charge in [-0.25, -0.2) is 4.79 Å². The van der Waals surface area contributed by atoms with Gasteiger partial charge in [0.1, 0.15) is 5.82 Å².